The van der Waals surface area contributed by atoms with Crippen molar-refractivity contribution in [3.8, 4) is 5.75 Å². The molecule has 4 aromatic rings. The molecule has 0 radical (unpaired) electrons. The van der Waals surface area contributed by atoms with Gasteiger partial charge in [0.15, 0.2) is 0 Å². The van der Waals surface area contributed by atoms with Crippen LogP contribution in [0.5, 0.6) is 5.75 Å². The van der Waals surface area contributed by atoms with E-state index in [1.54, 1.807) is 61.5 Å². The van der Waals surface area contributed by atoms with E-state index in [1.165, 1.54) is 23.8 Å². The molecule has 3 aromatic carbocycles. The number of hydrogen-bond acceptors (Lipinski definition) is 9. The van der Waals surface area contributed by atoms with Crippen LogP contribution < -0.4 is 19.8 Å². The number of rotatable bonds is 8. The highest BCUT2D eigenvalue weighted by Gasteiger charge is 2.57. The van der Waals surface area contributed by atoms with Crippen molar-refractivity contribution in [2.45, 2.75) is 29.7 Å². The van der Waals surface area contributed by atoms with E-state index in [0.29, 0.717) is 38.2 Å². The van der Waals surface area contributed by atoms with Gasteiger partial charge in [-0.2, -0.15) is 0 Å². The molecule has 3 unspecified atom stereocenters. The number of ether oxygens (including phenoxy) is 2. The largest absolute Gasteiger partial charge is 0.497 e. The van der Waals surface area contributed by atoms with Crippen molar-refractivity contribution in [3.63, 3.8) is 0 Å². The first-order chi connectivity index (χ1) is 22.1. The Kier molecular flexibility index (Phi) is 8.97. The van der Waals surface area contributed by atoms with E-state index in [-0.39, 0.29) is 23.2 Å². The van der Waals surface area contributed by atoms with Crippen LogP contribution >= 0.6 is 46.3 Å². The molecule has 0 aliphatic carbocycles. The van der Waals surface area contributed by atoms with E-state index < -0.39 is 45.6 Å². The number of hydrogen-bond donors (Lipinski definition) is 1. The Balaban J connectivity index is 1.35. The zero-order valence-corrected chi connectivity index (χ0v) is 27.5. The number of nitrogens with one attached hydrogen (secondary N) is 1. The van der Waals surface area contributed by atoms with Crippen LogP contribution in [0.3, 0.4) is 0 Å². The molecule has 0 saturated carbocycles. The fourth-order valence-electron chi connectivity index (χ4n) is 5.59. The van der Waals surface area contributed by atoms with Crippen molar-refractivity contribution in [2.75, 3.05) is 23.9 Å². The molecule has 3 amide bonds. The second-order valence-corrected chi connectivity index (χ2v) is 13.3. The maximum absolute atomic E-state index is 14.1. The van der Waals surface area contributed by atoms with Crippen molar-refractivity contribution >= 4 is 81.4 Å². The fourth-order valence-corrected chi connectivity index (χ4v) is 8.77. The van der Waals surface area contributed by atoms with E-state index in [9.17, 15) is 24.0 Å². The first kappa shape index (κ1) is 31.9. The average molecular weight is 699 g/mol. The maximum Gasteiger partial charge on any atom is 0.338 e. The van der Waals surface area contributed by atoms with Gasteiger partial charge >= 0.3 is 10.8 Å². The second kappa shape index (κ2) is 13.0. The van der Waals surface area contributed by atoms with Crippen molar-refractivity contribution in [3.05, 3.63) is 102 Å². The number of thioether (sulfide) groups is 1. The molecule has 6 rings (SSSR count). The zero-order chi connectivity index (χ0) is 32.7. The number of carbonyl (C=O) groups excluding carboxylic acids is 4. The summed E-state index contributed by atoms with van der Waals surface area (Å²) < 4.78 is 11.5. The van der Waals surface area contributed by atoms with Crippen LogP contribution in [0.1, 0.15) is 33.6 Å². The van der Waals surface area contributed by atoms with Crippen molar-refractivity contribution in [1.82, 2.24) is 4.57 Å². The fraction of sp³-hybridized carbons (Fsp3) is 0.219. The molecular formula is C32H25Cl2N3O7S2. The number of fused-ring (bicyclic) bond motifs is 2. The number of esters is 1. The molecule has 1 fully saturated rings. The van der Waals surface area contributed by atoms with E-state index in [0.717, 1.165) is 28.0 Å². The lowest BCUT2D eigenvalue weighted by atomic mass is 9.83. The van der Waals surface area contributed by atoms with Crippen LogP contribution in [0.15, 0.2) is 76.6 Å². The molecule has 3 atom stereocenters. The number of nitrogens with zero attached hydrogens (tertiary/aromatic N) is 2. The molecule has 10 nitrogen and oxygen atoms in total. The predicted octanol–water partition coefficient (Wildman–Crippen LogP) is 5.84. The highest BCUT2D eigenvalue weighted by Crippen LogP contribution is 2.55. The first-order valence-corrected chi connectivity index (χ1v) is 16.5. The smallest absolute Gasteiger partial charge is 0.338 e. The molecule has 1 saturated heterocycles. The van der Waals surface area contributed by atoms with Gasteiger partial charge in [-0.05, 0) is 67.1 Å². The van der Waals surface area contributed by atoms with Gasteiger partial charge in [0.1, 0.15) is 17.5 Å². The lowest BCUT2D eigenvalue weighted by Crippen LogP contribution is -2.33. The Hall–Kier alpha value is -4.10. The Labute approximate surface area is 281 Å². The van der Waals surface area contributed by atoms with E-state index in [1.807, 2.05) is 0 Å². The second-order valence-electron chi connectivity index (χ2n) is 10.4. The van der Waals surface area contributed by atoms with Gasteiger partial charge in [0.25, 0.3) is 0 Å². The normalized spacial score (nSPS) is 18.6. The summed E-state index contributed by atoms with van der Waals surface area (Å²) in [4.78, 5) is 67.8. The molecule has 0 bridgehead atoms. The van der Waals surface area contributed by atoms with Gasteiger partial charge in [0, 0.05) is 16.5 Å². The van der Waals surface area contributed by atoms with Crippen LogP contribution in [0.4, 0.5) is 11.4 Å². The zero-order valence-electron chi connectivity index (χ0n) is 24.3. The molecular weight excluding hydrogens is 673 g/mol. The van der Waals surface area contributed by atoms with Gasteiger partial charge in [-0.1, -0.05) is 58.4 Å². The number of amides is 3. The third-order valence-corrected chi connectivity index (χ3v) is 11.1. The Morgan fingerprint density at radius 1 is 0.957 bits per heavy atom. The average Bonchev–Trinajstić information content (AvgIpc) is 3.49. The molecule has 14 heteroatoms. The van der Waals surface area contributed by atoms with E-state index in [2.05, 4.69) is 5.32 Å². The minimum atomic E-state index is -0.902. The highest BCUT2D eigenvalue weighted by molar-refractivity contribution is 8.00. The van der Waals surface area contributed by atoms with Crippen LogP contribution in [0.2, 0.25) is 10.0 Å². The quantitative estimate of drug-likeness (QED) is 0.180. The van der Waals surface area contributed by atoms with Gasteiger partial charge in [0.05, 0.1) is 46.0 Å². The predicted molar refractivity (Wildman–Crippen MR) is 177 cm³/mol. The van der Waals surface area contributed by atoms with Gasteiger partial charge in [-0.15, -0.1) is 0 Å². The topological polar surface area (TPSA) is 124 Å². The van der Waals surface area contributed by atoms with Gasteiger partial charge in [0.2, 0.25) is 17.7 Å². The molecule has 2 aliphatic rings. The number of benzene rings is 3. The Morgan fingerprint density at radius 2 is 1.67 bits per heavy atom. The first-order valence-electron chi connectivity index (χ1n) is 14.1. The molecule has 0 spiro atoms. The number of thiazole rings is 1. The van der Waals surface area contributed by atoms with Crippen LogP contribution in [-0.4, -0.2) is 47.2 Å². The summed E-state index contributed by atoms with van der Waals surface area (Å²) in [6, 6.07) is 17.8. The number of carbonyl (C=O) groups is 4. The Morgan fingerprint density at radius 3 is 2.35 bits per heavy atom. The summed E-state index contributed by atoms with van der Waals surface area (Å²) in [6.07, 6.45) is 0. The van der Waals surface area contributed by atoms with E-state index >= 15 is 0 Å². The monoisotopic (exact) mass is 697 g/mol. The standard InChI is InChI=1S/C32H25Cl2N3O7S2/c1-3-44-31(41)16-7-9-17(10-8-16)35-22(38)15-36-30-27(46-32(36)42)23(20-5-4-6-21(33)25(20)34)24-26(45-30)29(40)37(28(24)39)18-11-13-19(43-2)14-12-18/h4-14,23-24,26H,3,15H2,1-2H3,(H,35,38). The minimum absolute atomic E-state index is 0.213. The summed E-state index contributed by atoms with van der Waals surface area (Å²) in [5, 5.41) is 2.72. The number of methoxy groups -OCH3 is 1. The van der Waals surface area contributed by atoms with Crippen molar-refractivity contribution in [2.24, 2.45) is 5.92 Å². The lowest BCUT2D eigenvalue weighted by Gasteiger charge is -2.31. The van der Waals surface area contributed by atoms with Crippen molar-refractivity contribution in [1.29, 1.82) is 0 Å². The number of anilines is 2. The summed E-state index contributed by atoms with van der Waals surface area (Å²) in [6.45, 7) is 1.59. The molecule has 2 aliphatic heterocycles. The van der Waals surface area contributed by atoms with Gasteiger partial charge in [-0.3, -0.25) is 23.7 Å². The molecule has 46 heavy (non-hydrogen) atoms. The van der Waals surface area contributed by atoms with Crippen molar-refractivity contribution < 1.29 is 28.7 Å². The summed E-state index contributed by atoms with van der Waals surface area (Å²) >= 11 is 15.1. The van der Waals surface area contributed by atoms with Crippen LogP contribution in [0, 0.1) is 5.92 Å². The summed E-state index contributed by atoms with van der Waals surface area (Å²) in [5.41, 5.74) is 1.64. The third-order valence-electron chi connectivity index (χ3n) is 7.68. The van der Waals surface area contributed by atoms with Gasteiger partial charge < -0.3 is 14.8 Å². The third kappa shape index (κ3) is 5.70. The number of halogens is 2. The minimum Gasteiger partial charge on any atom is -0.497 e. The number of aromatic nitrogens is 1. The van der Waals surface area contributed by atoms with Gasteiger partial charge in [-0.25, -0.2) is 9.69 Å². The lowest BCUT2D eigenvalue weighted by molar-refractivity contribution is -0.122. The Bertz CT molecular complexity index is 1930. The summed E-state index contributed by atoms with van der Waals surface area (Å²) in [5.74, 6) is -2.96. The van der Waals surface area contributed by atoms with Crippen LogP contribution in [0.25, 0.3) is 0 Å². The highest BCUT2D eigenvalue weighted by atomic mass is 35.5. The molecule has 3 heterocycles. The SMILES string of the molecule is CCOC(=O)c1ccc(NC(=O)Cn2c3c(sc2=O)C(c2cccc(Cl)c2Cl)C2C(=O)N(c4ccc(OC)cc4)C(=O)C2S3)cc1. The van der Waals surface area contributed by atoms with E-state index in [4.69, 9.17) is 32.7 Å². The summed E-state index contributed by atoms with van der Waals surface area (Å²) in [7, 11) is 1.52. The number of imide groups is 1. The molecule has 236 valence electrons. The molecule has 1 N–H and O–H groups in total. The maximum atomic E-state index is 14.1. The molecule has 1 aromatic heterocycles. The van der Waals surface area contributed by atoms with Crippen LogP contribution in [-0.2, 0) is 25.7 Å².